The van der Waals surface area contributed by atoms with Crippen LogP contribution < -0.4 is 31.9 Å². The number of aromatic nitrogens is 2. The number of pyridine rings is 2. The van der Waals surface area contributed by atoms with Crippen molar-refractivity contribution in [1.29, 1.82) is 0 Å². The molecule has 0 saturated carbocycles. The van der Waals surface area contributed by atoms with E-state index in [0.29, 0.717) is 0 Å². The summed E-state index contributed by atoms with van der Waals surface area (Å²) in [4.78, 5) is 7.97. The molecule has 3 aliphatic rings. The number of hydrogen-bond acceptors (Lipinski definition) is 8. The number of hydrogen-bond donors (Lipinski definition) is 6. The van der Waals surface area contributed by atoms with E-state index in [2.05, 4.69) is 54.0 Å². The summed E-state index contributed by atoms with van der Waals surface area (Å²) < 4.78 is 0. The van der Waals surface area contributed by atoms with E-state index in [1.165, 1.54) is 5.39 Å². The van der Waals surface area contributed by atoms with Gasteiger partial charge in [-0.2, -0.15) is 0 Å². The zero-order valence-electron chi connectivity index (χ0n) is 20.3. The molecule has 0 aliphatic carbocycles. The van der Waals surface area contributed by atoms with Gasteiger partial charge in [0.25, 0.3) is 0 Å². The fraction of sp³-hybridized carbons (Fsp3) is 0.462. The molecule has 8 nitrogen and oxygen atoms in total. The minimum Gasteiger partial charge on any atom is -0.314 e. The Balaban J connectivity index is 0.000000153. The maximum absolute atomic E-state index is 4.18. The van der Waals surface area contributed by atoms with Crippen molar-refractivity contribution in [2.45, 2.75) is 0 Å². The lowest BCUT2D eigenvalue weighted by atomic mass is 10.2. The molecular formula is C26H42N8. The van der Waals surface area contributed by atoms with Crippen LogP contribution in [0.25, 0.3) is 10.9 Å². The van der Waals surface area contributed by atoms with Gasteiger partial charge >= 0.3 is 0 Å². The lowest BCUT2D eigenvalue weighted by Gasteiger charge is -2.11. The first kappa shape index (κ1) is 27.8. The molecule has 5 heterocycles. The molecule has 2 aromatic heterocycles. The maximum Gasteiger partial charge on any atom is 0.0701 e. The summed E-state index contributed by atoms with van der Waals surface area (Å²) in [5, 5.41) is 20.5. The number of rotatable bonds is 0. The Bertz CT molecular complexity index is 651. The van der Waals surface area contributed by atoms with Gasteiger partial charge < -0.3 is 31.9 Å². The van der Waals surface area contributed by atoms with Gasteiger partial charge in [0, 0.05) is 103 Å². The van der Waals surface area contributed by atoms with Crippen LogP contribution in [0.5, 0.6) is 0 Å². The molecule has 3 aliphatic heterocycles. The van der Waals surface area contributed by atoms with Crippen molar-refractivity contribution in [2.24, 2.45) is 0 Å². The molecule has 8 heteroatoms. The Hall–Kier alpha value is -2.46. The van der Waals surface area contributed by atoms with E-state index >= 15 is 0 Å². The van der Waals surface area contributed by atoms with E-state index < -0.39 is 0 Å². The minimum atomic E-state index is 1.06. The molecule has 0 radical (unpaired) electrons. The van der Waals surface area contributed by atoms with Crippen molar-refractivity contribution < 1.29 is 0 Å². The number of benzene rings is 1. The van der Waals surface area contributed by atoms with E-state index in [1.807, 2.05) is 48.7 Å². The first-order valence-corrected chi connectivity index (χ1v) is 12.4. The van der Waals surface area contributed by atoms with Crippen LogP contribution in [0, 0.1) is 0 Å². The standard InChI is InChI=1S/C9H7N.C5H5N.3C4H10N2/c1-2-6-9-8(4-1)5-3-7-10-9;1-2-4-6-5-3-1;3*1-2-6-4-3-5-1/h1-7H;1-5H;3*5-6H,1-4H2. The number of fused-ring (bicyclic) bond motifs is 1. The van der Waals surface area contributed by atoms with Crippen LogP contribution in [0.1, 0.15) is 0 Å². The molecule has 3 saturated heterocycles. The highest BCUT2D eigenvalue weighted by Crippen LogP contribution is 2.07. The summed E-state index contributed by atoms with van der Waals surface area (Å²) in [6.07, 6.45) is 5.31. The first-order valence-electron chi connectivity index (χ1n) is 12.4. The predicted molar refractivity (Wildman–Crippen MR) is 143 cm³/mol. The Kier molecular flexibility index (Phi) is 17.2. The molecule has 3 aromatic rings. The lowest BCUT2D eigenvalue weighted by molar-refractivity contribution is 0.534. The van der Waals surface area contributed by atoms with Crippen molar-refractivity contribution >= 4 is 10.9 Å². The molecule has 1 aromatic carbocycles. The molecule has 0 atom stereocenters. The Morgan fingerprint density at radius 1 is 0.412 bits per heavy atom. The quantitative estimate of drug-likeness (QED) is 0.290. The third kappa shape index (κ3) is 15.4. The number of piperazine rings is 3. The van der Waals surface area contributed by atoms with Gasteiger partial charge in [-0.25, -0.2) is 0 Å². The number of nitrogens with one attached hydrogen (secondary N) is 6. The highest BCUT2D eigenvalue weighted by molar-refractivity contribution is 5.77. The van der Waals surface area contributed by atoms with Crippen molar-refractivity contribution in [3.63, 3.8) is 0 Å². The average molecular weight is 467 g/mol. The van der Waals surface area contributed by atoms with Crippen molar-refractivity contribution in [2.75, 3.05) is 78.5 Å². The Morgan fingerprint density at radius 3 is 1.15 bits per heavy atom. The van der Waals surface area contributed by atoms with Crippen LogP contribution in [0.15, 0.2) is 73.2 Å². The van der Waals surface area contributed by atoms with Gasteiger partial charge in [-0.1, -0.05) is 30.3 Å². The Morgan fingerprint density at radius 2 is 0.824 bits per heavy atom. The summed E-state index contributed by atoms with van der Waals surface area (Å²) in [7, 11) is 0. The number of nitrogens with zero attached hydrogens (tertiary/aromatic N) is 2. The van der Waals surface area contributed by atoms with Gasteiger partial charge in [0.15, 0.2) is 0 Å². The topological polar surface area (TPSA) is 98.0 Å². The van der Waals surface area contributed by atoms with E-state index in [-0.39, 0.29) is 0 Å². The smallest absolute Gasteiger partial charge is 0.0701 e. The molecule has 3 fully saturated rings. The van der Waals surface area contributed by atoms with Gasteiger partial charge in [-0.3, -0.25) is 9.97 Å². The van der Waals surface area contributed by atoms with E-state index in [9.17, 15) is 0 Å². The van der Waals surface area contributed by atoms with Crippen LogP contribution in [0.2, 0.25) is 0 Å². The van der Waals surface area contributed by atoms with Crippen LogP contribution in [-0.4, -0.2) is 88.5 Å². The minimum absolute atomic E-state index is 1.06. The molecule has 0 bridgehead atoms. The third-order valence-electron chi connectivity index (χ3n) is 4.95. The van der Waals surface area contributed by atoms with Crippen LogP contribution in [0.3, 0.4) is 0 Å². The van der Waals surface area contributed by atoms with Crippen LogP contribution in [0.4, 0.5) is 0 Å². The average Bonchev–Trinajstić information content (AvgIpc) is 2.98. The normalized spacial score (nSPS) is 17.1. The summed E-state index contributed by atoms with van der Waals surface area (Å²) in [6.45, 7) is 13.7. The van der Waals surface area contributed by atoms with Crippen molar-refractivity contribution in [3.05, 3.63) is 73.2 Å². The third-order valence-corrected chi connectivity index (χ3v) is 4.95. The second-order valence-electron chi connectivity index (χ2n) is 7.72. The van der Waals surface area contributed by atoms with Crippen molar-refractivity contribution in [3.8, 4) is 0 Å². The van der Waals surface area contributed by atoms with Gasteiger partial charge in [0.05, 0.1) is 5.52 Å². The largest absolute Gasteiger partial charge is 0.314 e. The molecule has 6 N–H and O–H groups in total. The predicted octanol–water partition coefficient (Wildman–Crippen LogP) is 0.854. The molecule has 0 unspecified atom stereocenters. The highest BCUT2D eigenvalue weighted by Gasteiger charge is 1.93. The highest BCUT2D eigenvalue weighted by atomic mass is 15.0. The molecule has 0 spiro atoms. The monoisotopic (exact) mass is 466 g/mol. The fourth-order valence-corrected chi connectivity index (χ4v) is 3.14. The van der Waals surface area contributed by atoms with Crippen LogP contribution >= 0.6 is 0 Å². The second kappa shape index (κ2) is 21.1. The van der Waals surface area contributed by atoms with Crippen molar-refractivity contribution in [1.82, 2.24) is 41.9 Å². The zero-order valence-corrected chi connectivity index (χ0v) is 20.3. The Labute approximate surface area is 204 Å². The van der Waals surface area contributed by atoms with E-state index in [1.54, 1.807) is 12.4 Å². The summed E-state index contributed by atoms with van der Waals surface area (Å²) in [6, 6.07) is 17.8. The summed E-state index contributed by atoms with van der Waals surface area (Å²) in [5.41, 5.74) is 1.06. The second-order valence-corrected chi connectivity index (χ2v) is 7.72. The summed E-state index contributed by atoms with van der Waals surface area (Å²) in [5.74, 6) is 0. The molecular weight excluding hydrogens is 424 g/mol. The first-order chi connectivity index (χ1) is 17.0. The summed E-state index contributed by atoms with van der Waals surface area (Å²) >= 11 is 0. The lowest BCUT2D eigenvalue weighted by Crippen LogP contribution is -2.39. The van der Waals surface area contributed by atoms with Gasteiger partial charge in [0.2, 0.25) is 0 Å². The number of para-hydroxylation sites is 1. The molecule has 0 amide bonds. The van der Waals surface area contributed by atoms with Gasteiger partial charge in [-0.15, -0.1) is 0 Å². The fourth-order valence-electron chi connectivity index (χ4n) is 3.14. The molecule has 6 rings (SSSR count). The SMILES string of the molecule is C1CNCCN1.C1CNCCN1.C1CNCCN1.c1ccc2ncccc2c1.c1ccncc1. The molecule has 186 valence electrons. The van der Waals surface area contributed by atoms with Gasteiger partial charge in [0.1, 0.15) is 0 Å². The van der Waals surface area contributed by atoms with Gasteiger partial charge in [-0.05, 0) is 24.3 Å². The molecule has 34 heavy (non-hydrogen) atoms. The van der Waals surface area contributed by atoms with Crippen LogP contribution in [-0.2, 0) is 0 Å². The van der Waals surface area contributed by atoms with E-state index in [4.69, 9.17) is 0 Å². The van der Waals surface area contributed by atoms with E-state index in [0.717, 1.165) is 84.1 Å². The zero-order chi connectivity index (χ0) is 23.8. The maximum atomic E-state index is 4.18.